The average Bonchev–Trinajstić information content (AvgIpc) is 2.64. The van der Waals surface area contributed by atoms with Crippen LogP contribution in [0.4, 0.5) is 4.39 Å². The predicted molar refractivity (Wildman–Crippen MR) is 94.1 cm³/mol. The molecule has 132 valence electrons. The van der Waals surface area contributed by atoms with Crippen LogP contribution in [0.5, 0.6) is 0 Å². The van der Waals surface area contributed by atoms with Crippen LogP contribution in [0, 0.1) is 12.7 Å². The summed E-state index contributed by atoms with van der Waals surface area (Å²) < 4.78 is 20.0. The summed E-state index contributed by atoms with van der Waals surface area (Å²) in [6.45, 7) is 3.22. The van der Waals surface area contributed by atoms with Crippen molar-refractivity contribution >= 4 is 17.5 Å². The molecule has 25 heavy (non-hydrogen) atoms. The fraction of sp³-hybridized carbons (Fsp3) is 0.368. The average molecular weight is 363 g/mol. The zero-order valence-electron chi connectivity index (χ0n) is 14.0. The third kappa shape index (κ3) is 4.17. The maximum atomic E-state index is 14.1. The first-order valence-corrected chi connectivity index (χ1v) is 8.68. The summed E-state index contributed by atoms with van der Waals surface area (Å²) in [5, 5.41) is 0.184. The third-order valence-electron chi connectivity index (χ3n) is 4.37. The number of carbonyl (C=O) groups excluding carboxylic acids is 1. The smallest absolute Gasteiger partial charge is 0.258 e. The van der Waals surface area contributed by atoms with Gasteiger partial charge in [0.05, 0.1) is 23.3 Å². The lowest BCUT2D eigenvalue weighted by Gasteiger charge is -2.33. The Kier molecular flexibility index (Phi) is 5.66. The quantitative estimate of drug-likeness (QED) is 0.825. The zero-order chi connectivity index (χ0) is 17.8. The molecule has 0 bridgehead atoms. The minimum atomic E-state index is -0.584. The number of ether oxygens (including phenoxy) is 1. The van der Waals surface area contributed by atoms with Crippen LogP contribution in [0.15, 0.2) is 36.7 Å². The number of hydrogen-bond donors (Lipinski definition) is 0. The first-order valence-electron chi connectivity index (χ1n) is 8.30. The lowest BCUT2D eigenvalue weighted by Crippen LogP contribution is -2.43. The van der Waals surface area contributed by atoms with Crippen LogP contribution >= 0.6 is 11.6 Å². The van der Waals surface area contributed by atoms with Gasteiger partial charge >= 0.3 is 0 Å². The minimum Gasteiger partial charge on any atom is -0.372 e. The molecule has 1 aliphatic heterocycles. The molecule has 0 unspecified atom stereocenters. The molecule has 6 heteroatoms. The Balaban J connectivity index is 1.67. The molecule has 1 aromatic carbocycles. The number of carbonyl (C=O) groups is 1. The molecule has 1 aromatic heterocycles. The Hall–Kier alpha value is -1.98. The number of halogens is 2. The van der Waals surface area contributed by atoms with E-state index < -0.39 is 5.82 Å². The van der Waals surface area contributed by atoms with Gasteiger partial charge in [-0.05, 0) is 43.0 Å². The number of pyridine rings is 1. The molecule has 2 aromatic rings. The molecule has 1 aliphatic rings. The van der Waals surface area contributed by atoms with Crippen molar-refractivity contribution in [2.45, 2.75) is 32.5 Å². The van der Waals surface area contributed by atoms with Gasteiger partial charge in [-0.1, -0.05) is 23.7 Å². The highest BCUT2D eigenvalue weighted by atomic mass is 35.5. The molecular weight excluding hydrogens is 343 g/mol. The van der Waals surface area contributed by atoms with Gasteiger partial charge in [-0.2, -0.15) is 0 Å². The van der Waals surface area contributed by atoms with Gasteiger partial charge in [-0.15, -0.1) is 0 Å². The van der Waals surface area contributed by atoms with E-state index in [1.165, 1.54) is 6.07 Å². The molecule has 1 fully saturated rings. The van der Waals surface area contributed by atoms with Crippen molar-refractivity contribution < 1.29 is 13.9 Å². The molecule has 0 saturated carbocycles. The Morgan fingerprint density at radius 2 is 2.28 bits per heavy atom. The fourth-order valence-electron chi connectivity index (χ4n) is 2.97. The number of hydrogen-bond acceptors (Lipinski definition) is 3. The van der Waals surface area contributed by atoms with Crippen LogP contribution in [-0.4, -0.2) is 35.0 Å². The Labute approximate surface area is 151 Å². The minimum absolute atomic E-state index is 0.0467. The van der Waals surface area contributed by atoms with Gasteiger partial charge in [0.15, 0.2) is 0 Å². The molecule has 0 radical (unpaired) electrons. The van der Waals surface area contributed by atoms with Crippen molar-refractivity contribution in [1.82, 2.24) is 9.88 Å². The van der Waals surface area contributed by atoms with Crippen LogP contribution in [0.1, 0.15) is 34.3 Å². The predicted octanol–water partition coefficient (Wildman–Crippen LogP) is 4.00. The second-order valence-electron chi connectivity index (χ2n) is 6.24. The van der Waals surface area contributed by atoms with Crippen LogP contribution < -0.4 is 0 Å². The van der Waals surface area contributed by atoms with Crippen molar-refractivity contribution in [3.05, 3.63) is 64.2 Å². The van der Waals surface area contributed by atoms with E-state index in [1.807, 2.05) is 12.1 Å². The number of piperidine rings is 1. The lowest BCUT2D eigenvalue weighted by molar-refractivity contribution is -0.00693. The zero-order valence-corrected chi connectivity index (χ0v) is 14.8. The van der Waals surface area contributed by atoms with E-state index in [2.05, 4.69) is 4.98 Å². The highest BCUT2D eigenvalue weighted by molar-refractivity contribution is 6.34. The molecule has 4 nitrogen and oxygen atoms in total. The van der Waals surface area contributed by atoms with E-state index in [9.17, 15) is 9.18 Å². The van der Waals surface area contributed by atoms with Gasteiger partial charge in [-0.25, -0.2) is 4.39 Å². The van der Waals surface area contributed by atoms with Gasteiger partial charge < -0.3 is 9.64 Å². The lowest BCUT2D eigenvalue weighted by atomic mass is 10.0. The number of amides is 1. The summed E-state index contributed by atoms with van der Waals surface area (Å²) in [5.74, 6) is -0.958. The molecule has 0 spiro atoms. The van der Waals surface area contributed by atoms with Crippen molar-refractivity contribution in [3.8, 4) is 0 Å². The Morgan fingerprint density at radius 1 is 1.44 bits per heavy atom. The van der Waals surface area contributed by atoms with Crippen LogP contribution in [0.25, 0.3) is 0 Å². The van der Waals surface area contributed by atoms with Crippen LogP contribution in [0.3, 0.4) is 0 Å². The topological polar surface area (TPSA) is 42.4 Å². The summed E-state index contributed by atoms with van der Waals surface area (Å²) in [4.78, 5) is 18.4. The van der Waals surface area contributed by atoms with E-state index in [-0.39, 0.29) is 22.6 Å². The molecule has 2 heterocycles. The second kappa shape index (κ2) is 7.93. The van der Waals surface area contributed by atoms with Crippen molar-refractivity contribution in [3.63, 3.8) is 0 Å². The summed E-state index contributed by atoms with van der Waals surface area (Å²) in [6, 6.07) is 6.66. The second-order valence-corrected chi connectivity index (χ2v) is 6.62. The maximum absolute atomic E-state index is 14.1. The van der Waals surface area contributed by atoms with E-state index in [4.69, 9.17) is 16.3 Å². The highest BCUT2D eigenvalue weighted by Crippen LogP contribution is 2.26. The molecule has 1 amide bonds. The summed E-state index contributed by atoms with van der Waals surface area (Å²) in [5.41, 5.74) is 1.63. The van der Waals surface area contributed by atoms with Crippen LogP contribution in [0.2, 0.25) is 5.02 Å². The standard InChI is InChI=1S/C19H20ClFN2O2/c1-13-6-7-16(21)17(18(13)20)19(24)23-9-3-5-15(11-23)25-12-14-4-2-8-22-10-14/h2,4,6-8,10,15H,3,5,9,11-12H2,1H3/t15-/m1/s1. The van der Waals surface area contributed by atoms with Crippen molar-refractivity contribution in [2.24, 2.45) is 0 Å². The molecular formula is C19H20ClFN2O2. The highest BCUT2D eigenvalue weighted by Gasteiger charge is 2.28. The summed E-state index contributed by atoms with van der Waals surface area (Å²) in [7, 11) is 0. The van der Waals surface area contributed by atoms with Gasteiger partial charge in [0, 0.05) is 25.5 Å². The SMILES string of the molecule is Cc1ccc(F)c(C(=O)N2CCC[C@@H](OCc3cccnc3)C2)c1Cl. The first kappa shape index (κ1) is 17.8. The monoisotopic (exact) mass is 362 g/mol. The molecule has 0 aliphatic carbocycles. The summed E-state index contributed by atoms with van der Waals surface area (Å²) >= 11 is 6.16. The van der Waals surface area contributed by atoms with Gasteiger partial charge in [-0.3, -0.25) is 9.78 Å². The number of nitrogens with zero attached hydrogens (tertiary/aromatic N) is 2. The van der Waals surface area contributed by atoms with E-state index in [1.54, 1.807) is 30.3 Å². The van der Waals surface area contributed by atoms with Crippen molar-refractivity contribution in [2.75, 3.05) is 13.1 Å². The molecule has 0 N–H and O–H groups in total. The van der Waals surface area contributed by atoms with E-state index in [0.717, 1.165) is 18.4 Å². The summed E-state index contributed by atoms with van der Waals surface area (Å²) in [6.07, 6.45) is 5.07. The number of aryl methyl sites for hydroxylation is 1. The number of benzene rings is 1. The van der Waals surface area contributed by atoms with Gasteiger partial charge in [0.1, 0.15) is 5.82 Å². The van der Waals surface area contributed by atoms with E-state index in [0.29, 0.717) is 25.3 Å². The largest absolute Gasteiger partial charge is 0.372 e. The molecule has 3 rings (SSSR count). The third-order valence-corrected chi connectivity index (χ3v) is 4.86. The number of rotatable bonds is 4. The molecule has 1 saturated heterocycles. The first-order chi connectivity index (χ1) is 12.1. The number of aromatic nitrogens is 1. The Bertz CT molecular complexity index is 755. The normalized spacial score (nSPS) is 17.6. The fourth-order valence-corrected chi connectivity index (χ4v) is 3.20. The molecule has 1 atom stereocenters. The van der Waals surface area contributed by atoms with Crippen LogP contribution in [-0.2, 0) is 11.3 Å². The Morgan fingerprint density at radius 3 is 3.04 bits per heavy atom. The van der Waals surface area contributed by atoms with E-state index >= 15 is 0 Å². The number of likely N-dealkylation sites (tertiary alicyclic amines) is 1. The van der Waals surface area contributed by atoms with Gasteiger partial charge in [0.25, 0.3) is 5.91 Å². The maximum Gasteiger partial charge on any atom is 0.258 e. The van der Waals surface area contributed by atoms with Gasteiger partial charge in [0.2, 0.25) is 0 Å². The van der Waals surface area contributed by atoms with Crippen molar-refractivity contribution in [1.29, 1.82) is 0 Å².